The number of nitrogens with one attached hydrogen (secondary N) is 1. The number of hydrazone groups is 1. The van der Waals surface area contributed by atoms with E-state index < -0.39 is 0 Å². The normalized spacial score (nSPS) is 13.3. The topological polar surface area (TPSA) is 61.3 Å². The van der Waals surface area contributed by atoms with Crippen molar-refractivity contribution in [1.82, 2.24) is 5.43 Å². The first-order chi connectivity index (χ1) is 12.2. The largest absolute Gasteiger partial charge is 0.493 e. The summed E-state index contributed by atoms with van der Waals surface area (Å²) >= 11 is 0. The average molecular weight is 342 g/mol. The van der Waals surface area contributed by atoms with Crippen LogP contribution in [0.3, 0.4) is 0 Å². The number of hydrogen-bond donors (Lipinski definition) is 1. The highest BCUT2D eigenvalue weighted by molar-refractivity contribution is 5.99. The standard InChI is InChI=1S/C19H22N2O4/c1-13(15-5-7-17-19(11-15)25-9-8-24-17)21-20-12-14-4-6-16(22-2)18(10-14)23-3/h4-7,10-11,20H,8-9,12H2,1-3H3/b21-13+. The van der Waals surface area contributed by atoms with E-state index in [4.69, 9.17) is 18.9 Å². The first-order valence-corrected chi connectivity index (χ1v) is 8.09. The fourth-order valence-corrected chi connectivity index (χ4v) is 2.57. The van der Waals surface area contributed by atoms with Gasteiger partial charge in [-0.05, 0) is 42.8 Å². The Balaban J connectivity index is 1.66. The highest BCUT2D eigenvalue weighted by Gasteiger charge is 2.12. The summed E-state index contributed by atoms with van der Waals surface area (Å²) in [6, 6.07) is 11.6. The number of fused-ring (bicyclic) bond motifs is 1. The molecule has 0 saturated heterocycles. The maximum atomic E-state index is 5.61. The molecule has 0 unspecified atom stereocenters. The number of ether oxygens (including phenoxy) is 4. The maximum Gasteiger partial charge on any atom is 0.162 e. The Labute approximate surface area is 147 Å². The van der Waals surface area contributed by atoms with Crippen LogP contribution in [0, 0.1) is 0 Å². The van der Waals surface area contributed by atoms with Gasteiger partial charge in [0.1, 0.15) is 13.2 Å². The Morgan fingerprint density at radius 2 is 1.76 bits per heavy atom. The van der Waals surface area contributed by atoms with E-state index in [2.05, 4.69) is 10.5 Å². The zero-order chi connectivity index (χ0) is 17.6. The van der Waals surface area contributed by atoms with Gasteiger partial charge in [-0.25, -0.2) is 0 Å². The molecule has 0 radical (unpaired) electrons. The van der Waals surface area contributed by atoms with Gasteiger partial charge in [0.05, 0.1) is 26.5 Å². The van der Waals surface area contributed by atoms with Crippen molar-refractivity contribution >= 4 is 5.71 Å². The molecule has 1 aliphatic heterocycles. The molecule has 3 rings (SSSR count). The molecule has 0 aromatic heterocycles. The van der Waals surface area contributed by atoms with Crippen LogP contribution >= 0.6 is 0 Å². The van der Waals surface area contributed by atoms with Crippen molar-refractivity contribution in [2.24, 2.45) is 5.10 Å². The Morgan fingerprint density at radius 1 is 1.00 bits per heavy atom. The van der Waals surface area contributed by atoms with E-state index >= 15 is 0 Å². The van der Waals surface area contributed by atoms with Crippen LogP contribution in [0.2, 0.25) is 0 Å². The predicted molar refractivity (Wildman–Crippen MR) is 96.0 cm³/mol. The minimum atomic E-state index is 0.574. The predicted octanol–water partition coefficient (Wildman–Crippen LogP) is 2.99. The van der Waals surface area contributed by atoms with Crippen molar-refractivity contribution in [2.45, 2.75) is 13.5 Å². The van der Waals surface area contributed by atoms with E-state index in [9.17, 15) is 0 Å². The monoisotopic (exact) mass is 342 g/mol. The van der Waals surface area contributed by atoms with Crippen LogP contribution in [-0.4, -0.2) is 33.1 Å². The fourth-order valence-electron chi connectivity index (χ4n) is 2.57. The summed E-state index contributed by atoms with van der Waals surface area (Å²) in [5, 5.41) is 4.43. The van der Waals surface area contributed by atoms with Crippen LogP contribution in [0.5, 0.6) is 23.0 Å². The number of rotatable bonds is 6. The van der Waals surface area contributed by atoms with Gasteiger partial charge in [-0.2, -0.15) is 5.10 Å². The molecule has 132 valence electrons. The molecule has 0 atom stereocenters. The molecule has 6 heteroatoms. The Hall–Kier alpha value is -2.89. The molecular weight excluding hydrogens is 320 g/mol. The van der Waals surface area contributed by atoms with Gasteiger partial charge in [-0.3, -0.25) is 0 Å². The Morgan fingerprint density at radius 3 is 2.52 bits per heavy atom. The van der Waals surface area contributed by atoms with E-state index in [-0.39, 0.29) is 0 Å². The molecule has 1 N–H and O–H groups in total. The highest BCUT2D eigenvalue weighted by atomic mass is 16.6. The number of methoxy groups -OCH3 is 2. The smallest absolute Gasteiger partial charge is 0.162 e. The molecule has 1 aliphatic rings. The molecule has 1 heterocycles. The molecule has 0 saturated carbocycles. The van der Waals surface area contributed by atoms with Crippen LogP contribution in [0.15, 0.2) is 41.5 Å². The molecule has 2 aromatic rings. The van der Waals surface area contributed by atoms with Gasteiger partial charge in [0.2, 0.25) is 0 Å². The number of hydrogen-bond acceptors (Lipinski definition) is 6. The number of benzene rings is 2. The zero-order valence-corrected chi connectivity index (χ0v) is 14.7. The SMILES string of the molecule is COc1ccc(CN/N=C(\C)c2ccc3c(c2)OCCO3)cc1OC. The highest BCUT2D eigenvalue weighted by Crippen LogP contribution is 2.31. The van der Waals surface area contributed by atoms with E-state index in [0.29, 0.717) is 31.3 Å². The fraction of sp³-hybridized carbons (Fsp3) is 0.316. The molecule has 0 bridgehead atoms. The van der Waals surface area contributed by atoms with Crippen LogP contribution in [-0.2, 0) is 6.54 Å². The lowest BCUT2D eigenvalue weighted by Crippen LogP contribution is -2.16. The average Bonchev–Trinajstić information content (AvgIpc) is 2.67. The molecule has 0 spiro atoms. The minimum absolute atomic E-state index is 0.574. The second-order valence-electron chi connectivity index (χ2n) is 5.58. The van der Waals surface area contributed by atoms with Crippen molar-refractivity contribution in [3.05, 3.63) is 47.5 Å². The van der Waals surface area contributed by atoms with Gasteiger partial charge in [0.25, 0.3) is 0 Å². The third kappa shape index (κ3) is 3.96. The second kappa shape index (κ2) is 7.79. The van der Waals surface area contributed by atoms with Crippen molar-refractivity contribution in [3.8, 4) is 23.0 Å². The minimum Gasteiger partial charge on any atom is -0.493 e. The molecular formula is C19H22N2O4. The van der Waals surface area contributed by atoms with Crippen molar-refractivity contribution in [1.29, 1.82) is 0 Å². The number of nitrogens with zero attached hydrogens (tertiary/aromatic N) is 1. The van der Waals surface area contributed by atoms with Gasteiger partial charge in [0.15, 0.2) is 23.0 Å². The van der Waals surface area contributed by atoms with Gasteiger partial charge in [0, 0.05) is 5.56 Å². The van der Waals surface area contributed by atoms with E-state index in [0.717, 1.165) is 28.3 Å². The lowest BCUT2D eigenvalue weighted by Gasteiger charge is -2.18. The first-order valence-electron chi connectivity index (χ1n) is 8.09. The van der Waals surface area contributed by atoms with Crippen LogP contribution in [0.4, 0.5) is 0 Å². The molecule has 0 fully saturated rings. The quantitative estimate of drug-likeness (QED) is 0.646. The van der Waals surface area contributed by atoms with Crippen LogP contribution in [0.1, 0.15) is 18.1 Å². The van der Waals surface area contributed by atoms with Gasteiger partial charge in [-0.15, -0.1) is 0 Å². The molecule has 0 aliphatic carbocycles. The summed E-state index contributed by atoms with van der Waals surface area (Å²) in [7, 11) is 3.25. The van der Waals surface area contributed by atoms with Crippen molar-refractivity contribution in [2.75, 3.05) is 27.4 Å². The zero-order valence-electron chi connectivity index (χ0n) is 14.7. The maximum absolute atomic E-state index is 5.61. The van der Waals surface area contributed by atoms with E-state index in [1.54, 1.807) is 14.2 Å². The Kier molecular flexibility index (Phi) is 5.28. The van der Waals surface area contributed by atoms with Gasteiger partial charge < -0.3 is 24.4 Å². The third-order valence-corrected chi connectivity index (χ3v) is 3.94. The van der Waals surface area contributed by atoms with Crippen LogP contribution < -0.4 is 24.4 Å². The molecule has 6 nitrogen and oxygen atoms in total. The first kappa shape index (κ1) is 17.0. The molecule has 2 aromatic carbocycles. The van der Waals surface area contributed by atoms with Crippen molar-refractivity contribution in [3.63, 3.8) is 0 Å². The summed E-state index contributed by atoms with van der Waals surface area (Å²) in [6.45, 7) is 3.70. The Bertz CT molecular complexity index is 774. The summed E-state index contributed by atoms with van der Waals surface area (Å²) in [4.78, 5) is 0. The van der Waals surface area contributed by atoms with E-state index in [1.165, 1.54) is 0 Å². The van der Waals surface area contributed by atoms with Crippen LogP contribution in [0.25, 0.3) is 0 Å². The summed E-state index contributed by atoms with van der Waals surface area (Å²) in [6.07, 6.45) is 0. The summed E-state index contributed by atoms with van der Waals surface area (Å²) in [5.74, 6) is 2.95. The summed E-state index contributed by atoms with van der Waals surface area (Å²) < 4.78 is 21.7. The van der Waals surface area contributed by atoms with E-state index in [1.807, 2.05) is 43.3 Å². The second-order valence-corrected chi connectivity index (χ2v) is 5.58. The van der Waals surface area contributed by atoms with Gasteiger partial charge >= 0.3 is 0 Å². The molecule has 25 heavy (non-hydrogen) atoms. The van der Waals surface area contributed by atoms with Gasteiger partial charge in [-0.1, -0.05) is 6.07 Å². The van der Waals surface area contributed by atoms with Crippen molar-refractivity contribution < 1.29 is 18.9 Å². The third-order valence-electron chi connectivity index (χ3n) is 3.94. The molecule has 0 amide bonds. The lowest BCUT2D eigenvalue weighted by molar-refractivity contribution is 0.171. The summed E-state index contributed by atoms with van der Waals surface area (Å²) in [5.41, 5.74) is 6.00. The lowest BCUT2D eigenvalue weighted by atomic mass is 10.1.